The summed E-state index contributed by atoms with van der Waals surface area (Å²) in [6.07, 6.45) is 0. The van der Waals surface area contributed by atoms with Crippen LogP contribution in [0.3, 0.4) is 0 Å². The van der Waals surface area contributed by atoms with Crippen molar-refractivity contribution < 1.29 is 9.53 Å². The molecule has 6 nitrogen and oxygen atoms in total. The highest BCUT2D eigenvalue weighted by atomic mass is 16.5. The molecule has 0 bridgehead atoms. The van der Waals surface area contributed by atoms with Gasteiger partial charge in [0.05, 0.1) is 29.6 Å². The summed E-state index contributed by atoms with van der Waals surface area (Å²) in [5, 5.41) is 0.524. The summed E-state index contributed by atoms with van der Waals surface area (Å²) in [6, 6.07) is 32.5. The molecule has 5 rings (SSSR count). The molecule has 0 amide bonds. The van der Waals surface area contributed by atoms with Crippen LogP contribution in [0.5, 0.6) is 0 Å². The molecule has 4 aromatic carbocycles. The Balaban J connectivity index is 1.65. The molecular formula is C31H27N3O3. The first kappa shape index (κ1) is 24.0. The zero-order valence-electron chi connectivity index (χ0n) is 21.0. The number of esters is 1. The first-order valence-corrected chi connectivity index (χ1v) is 12.0. The minimum absolute atomic E-state index is 0.112. The number of ether oxygens (including phenoxy) is 1. The lowest BCUT2D eigenvalue weighted by Gasteiger charge is -2.24. The van der Waals surface area contributed by atoms with E-state index in [4.69, 9.17) is 9.72 Å². The summed E-state index contributed by atoms with van der Waals surface area (Å²) in [5.74, 6) is 0.242. The van der Waals surface area contributed by atoms with E-state index in [2.05, 4.69) is 0 Å². The number of hydrogen-bond acceptors (Lipinski definition) is 5. The molecule has 0 radical (unpaired) electrons. The van der Waals surface area contributed by atoms with E-state index in [0.717, 1.165) is 22.5 Å². The van der Waals surface area contributed by atoms with Gasteiger partial charge in [0.25, 0.3) is 5.56 Å². The average molecular weight is 490 g/mol. The molecule has 0 unspecified atom stereocenters. The second-order valence-corrected chi connectivity index (χ2v) is 8.86. The van der Waals surface area contributed by atoms with Crippen LogP contribution >= 0.6 is 0 Å². The fourth-order valence-electron chi connectivity index (χ4n) is 4.68. The number of aryl methyl sites for hydroxylation is 1. The van der Waals surface area contributed by atoms with Gasteiger partial charge < -0.3 is 9.64 Å². The SMILES string of the molecule is COC(=O)c1cccc(N(C)c2ccc3nc(C)n(C(c4ccccc4)c4ccccc4)c(=O)c3c2)c1. The molecular weight excluding hydrogens is 462 g/mol. The van der Waals surface area contributed by atoms with Crippen molar-refractivity contribution in [2.75, 3.05) is 19.1 Å². The van der Waals surface area contributed by atoms with E-state index in [1.165, 1.54) is 7.11 Å². The van der Waals surface area contributed by atoms with Crippen LogP contribution in [0.25, 0.3) is 10.9 Å². The number of carbonyl (C=O) groups excluding carboxylic acids is 1. The van der Waals surface area contributed by atoms with Crippen molar-refractivity contribution in [3.8, 4) is 0 Å². The molecule has 1 heterocycles. The molecule has 0 aliphatic carbocycles. The van der Waals surface area contributed by atoms with Crippen LogP contribution in [-0.2, 0) is 4.74 Å². The number of hydrogen-bond donors (Lipinski definition) is 0. The van der Waals surface area contributed by atoms with Crippen molar-refractivity contribution in [3.05, 3.63) is 136 Å². The van der Waals surface area contributed by atoms with E-state index < -0.39 is 5.97 Å². The predicted molar refractivity (Wildman–Crippen MR) is 147 cm³/mol. The van der Waals surface area contributed by atoms with Crippen LogP contribution < -0.4 is 10.5 Å². The molecule has 0 saturated carbocycles. The Morgan fingerprint density at radius 2 is 1.46 bits per heavy atom. The monoisotopic (exact) mass is 489 g/mol. The molecule has 0 aliphatic heterocycles. The zero-order chi connectivity index (χ0) is 25.9. The van der Waals surface area contributed by atoms with Gasteiger partial charge in [0.1, 0.15) is 5.82 Å². The molecule has 0 atom stereocenters. The third-order valence-electron chi connectivity index (χ3n) is 6.59. The number of aromatic nitrogens is 2. The fraction of sp³-hybridized carbons (Fsp3) is 0.129. The predicted octanol–water partition coefficient (Wildman–Crippen LogP) is 5.90. The van der Waals surface area contributed by atoms with E-state index in [9.17, 15) is 9.59 Å². The number of anilines is 2. The van der Waals surface area contributed by atoms with Crippen LogP contribution in [0.15, 0.2) is 108 Å². The van der Waals surface area contributed by atoms with Gasteiger partial charge in [-0.15, -0.1) is 0 Å². The minimum atomic E-state index is -0.399. The first-order chi connectivity index (χ1) is 18.0. The second kappa shape index (κ2) is 10.1. The van der Waals surface area contributed by atoms with Crippen LogP contribution in [-0.4, -0.2) is 29.7 Å². The van der Waals surface area contributed by atoms with E-state index in [0.29, 0.717) is 22.3 Å². The van der Waals surface area contributed by atoms with Crippen molar-refractivity contribution in [2.45, 2.75) is 13.0 Å². The van der Waals surface area contributed by atoms with Gasteiger partial charge in [-0.25, -0.2) is 9.78 Å². The fourth-order valence-corrected chi connectivity index (χ4v) is 4.68. The zero-order valence-corrected chi connectivity index (χ0v) is 21.0. The lowest BCUT2D eigenvalue weighted by atomic mass is 9.98. The third-order valence-corrected chi connectivity index (χ3v) is 6.59. The van der Waals surface area contributed by atoms with Crippen LogP contribution in [0.1, 0.15) is 33.4 Å². The molecule has 6 heteroatoms. The standard InChI is InChI=1S/C31H27N3O3/c1-21-32-28-18-17-26(33(2)25-16-10-15-24(19-25)31(36)37-3)20-27(28)30(35)34(21)29(22-11-6-4-7-12-22)23-13-8-5-9-14-23/h4-20,29H,1-3H3. The topological polar surface area (TPSA) is 64.4 Å². The quantitative estimate of drug-likeness (QED) is 0.278. The van der Waals surface area contributed by atoms with Crippen molar-refractivity contribution >= 4 is 28.2 Å². The van der Waals surface area contributed by atoms with Gasteiger partial charge in [-0.3, -0.25) is 9.36 Å². The largest absolute Gasteiger partial charge is 0.465 e. The molecule has 0 saturated heterocycles. The number of rotatable bonds is 6. The molecule has 0 spiro atoms. The van der Waals surface area contributed by atoms with Crippen molar-refractivity contribution in [1.82, 2.24) is 9.55 Å². The Morgan fingerprint density at radius 1 is 0.838 bits per heavy atom. The summed E-state index contributed by atoms with van der Waals surface area (Å²) in [5.41, 5.74) is 4.61. The van der Waals surface area contributed by atoms with Crippen LogP contribution in [0, 0.1) is 6.92 Å². The van der Waals surface area contributed by atoms with Crippen molar-refractivity contribution in [2.24, 2.45) is 0 Å². The number of benzene rings is 4. The summed E-state index contributed by atoms with van der Waals surface area (Å²) in [6.45, 7) is 1.87. The highest BCUT2D eigenvalue weighted by molar-refractivity contribution is 5.91. The maximum Gasteiger partial charge on any atom is 0.337 e. The molecule has 0 aliphatic rings. The Kier molecular flexibility index (Phi) is 6.56. The minimum Gasteiger partial charge on any atom is -0.465 e. The lowest BCUT2D eigenvalue weighted by molar-refractivity contribution is 0.0601. The Bertz CT molecular complexity index is 1590. The van der Waals surface area contributed by atoms with Crippen LogP contribution in [0.4, 0.5) is 11.4 Å². The van der Waals surface area contributed by atoms with Gasteiger partial charge in [0.2, 0.25) is 0 Å². The lowest BCUT2D eigenvalue weighted by Crippen LogP contribution is -2.29. The summed E-state index contributed by atoms with van der Waals surface area (Å²) in [4.78, 5) is 32.8. The van der Waals surface area contributed by atoms with Crippen LogP contribution in [0.2, 0.25) is 0 Å². The van der Waals surface area contributed by atoms with Crippen molar-refractivity contribution in [3.63, 3.8) is 0 Å². The summed E-state index contributed by atoms with van der Waals surface area (Å²) in [7, 11) is 3.26. The average Bonchev–Trinajstić information content (AvgIpc) is 2.95. The highest BCUT2D eigenvalue weighted by Gasteiger charge is 2.22. The van der Waals surface area contributed by atoms with Gasteiger partial charge in [0, 0.05) is 18.4 Å². The Morgan fingerprint density at radius 3 is 2.08 bits per heavy atom. The van der Waals surface area contributed by atoms with Gasteiger partial charge >= 0.3 is 5.97 Å². The molecule has 184 valence electrons. The molecule has 0 fully saturated rings. The van der Waals surface area contributed by atoms with Gasteiger partial charge in [-0.1, -0.05) is 66.7 Å². The highest BCUT2D eigenvalue weighted by Crippen LogP contribution is 2.29. The van der Waals surface area contributed by atoms with E-state index >= 15 is 0 Å². The Hall–Kier alpha value is -4.71. The number of carbonyl (C=O) groups is 1. The summed E-state index contributed by atoms with van der Waals surface area (Å²) < 4.78 is 6.63. The maximum absolute atomic E-state index is 14.1. The second-order valence-electron chi connectivity index (χ2n) is 8.86. The number of fused-ring (bicyclic) bond motifs is 1. The van der Waals surface area contributed by atoms with Crippen molar-refractivity contribution in [1.29, 1.82) is 0 Å². The molecule has 1 aromatic heterocycles. The smallest absolute Gasteiger partial charge is 0.337 e. The van der Waals surface area contributed by atoms with E-state index in [1.54, 1.807) is 22.8 Å². The van der Waals surface area contributed by atoms with Gasteiger partial charge in [-0.2, -0.15) is 0 Å². The van der Waals surface area contributed by atoms with Gasteiger partial charge in [0.15, 0.2) is 0 Å². The Labute approximate surface area is 215 Å². The van der Waals surface area contributed by atoms with E-state index in [1.807, 2.05) is 104 Å². The maximum atomic E-state index is 14.1. The van der Waals surface area contributed by atoms with E-state index in [-0.39, 0.29) is 11.6 Å². The number of methoxy groups -OCH3 is 1. The third kappa shape index (κ3) is 4.61. The molecule has 5 aromatic rings. The normalized spacial score (nSPS) is 11.0. The number of nitrogens with zero attached hydrogens (tertiary/aromatic N) is 3. The molecule has 37 heavy (non-hydrogen) atoms. The first-order valence-electron chi connectivity index (χ1n) is 12.0. The summed E-state index contributed by atoms with van der Waals surface area (Å²) >= 11 is 0. The molecule has 0 N–H and O–H groups in total. The van der Waals surface area contributed by atoms with Gasteiger partial charge in [-0.05, 0) is 54.4 Å².